The van der Waals surface area contributed by atoms with Gasteiger partial charge >= 0.3 is 5.97 Å². The third-order valence-corrected chi connectivity index (χ3v) is 2.12. The van der Waals surface area contributed by atoms with Gasteiger partial charge in [-0.25, -0.2) is 4.79 Å². The predicted octanol–water partition coefficient (Wildman–Crippen LogP) is 1.25. The van der Waals surface area contributed by atoms with Gasteiger partial charge in [-0.1, -0.05) is 12.1 Å². The Bertz CT molecular complexity index is 357. The summed E-state index contributed by atoms with van der Waals surface area (Å²) in [6.07, 6.45) is 0.177. The fourth-order valence-electron chi connectivity index (χ4n) is 1.22. The zero-order valence-corrected chi connectivity index (χ0v) is 8.43. The van der Waals surface area contributed by atoms with Crippen molar-refractivity contribution in [3.63, 3.8) is 0 Å². The van der Waals surface area contributed by atoms with E-state index < -0.39 is 0 Å². The fraction of sp³-hybridized carbons (Fsp3) is 0.364. The summed E-state index contributed by atoms with van der Waals surface area (Å²) < 4.78 is 15.1. The van der Waals surface area contributed by atoms with Gasteiger partial charge < -0.3 is 14.2 Å². The van der Waals surface area contributed by atoms with E-state index in [4.69, 9.17) is 9.47 Å². The Balaban J connectivity index is 2.09. The van der Waals surface area contributed by atoms with E-state index in [1.54, 1.807) is 18.2 Å². The van der Waals surface area contributed by atoms with Crippen molar-refractivity contribution >= 4 is 5.97 Å². The van der Waals surface area contributed by atoms with Crippen molar-refractivity contribution < 1.29 is 19.0 Å². The van der Waals surface area contributed by atoms with E-state index in [0.29, 0.717) is 17.9 Å². The number of epoxide rings is 1. The molecule has 1 saturated heterocycles. The highest BCUT2D eigenvalue weighted by Crippen LogP contribution is 2.20. The predicted molar refractivity (Wildman–Crippen MR) is 53.0 cm³/mol. The number of ether oxygens (including phenoxy) is 3. The molecule has 0 radical (unpaired) electrons. The van der Waals surface area contributed by atoms with E-state index >= 15 is 0 Å². The molecule has 0 unspecified atom stereocenters. The van der Waals surface area contributed by atoms with Gasteiger partial charge in [-0.15, -0.1) is 0 Å². The second kappa shape index (κ2) is 4.31. The number of methoxy groups -OCH3 is 1. The maximum absolute atomic E-state index is 11.4. The average Bonchev–Trinajstić information content (AvgIpc) is 3.09. The van der Waals surface area contributed by atoms with E-state index in [1.165, 1.54) is 7.11 Å². The Kier molecular flexibility index (Phi) is 2.87. The van der Waals surface area contributed by atoms with Crippen molar-refractivity contribution in [2.24, 2.45) is 0 Å². The summed E-state index contributed by atoms with van der Waals surface area (Å²) in [7, 11) is 1.35. The van der Waals surface area contributed by atoms with Crippen molar-refractivity contribution in [3.8, 4) is 5.75 Å². The first-order valence-corrected chi connectivity index (χ1v) is 4.73. The minimum absolute atomic E-state index is 0.177. The van der Waals surface area contributed by atoms with Crippen molar-refractivity contribution in [1.82, 2.24) is 0 Å². The number of hydrogen-bond donors (Lipinski definition) is 0. The van der Waals surface area contributed by atoms with Crippen LogP contribution in [0, 0.1) is 0 Å². The van der Waals surface area contributed by atoms with Crippen LogP contribution in [0.3, 0.4) is 0 Å². The zero-order valence-electron chi connectivity index (χ0n) is 8.43. The lowest BCUT2D eigenvalue weighted by Gasteiger charge is -2.08. The first kappa shape index (κ1) is 9.98. The summed E-state index contributed by atoms with van der Waals surface area (Å²) in [5.74, 6) is 0.155. The molecule has 0 saturated carbocycles. The molecule has 15 heavy (non-hydrogen) atoms. The van der Waals surface area contributed by atoms with E-state index in [9.17, 15) is 4.79 Å². The number of para-hydroxylation sites is 1. The van der Waals surface area contributed by atoms with Crippen LogP contribution in [0.25, 0.3) is 0 Å². The molecule has 1 aromatic carbocycles. The molecule has 1 heterocycles. The molecular formula is C11H12O4. The van der Waals surface area contributed by atoms with Gasteiger partial charge in [-0.2, -0.15) is 0 Å². The fourth-order valence-corrected chi connectivity index (χ4v) is 1.22. The van der Waals surface area contributed by atoms with E-state index in [0.717, 1.165) is 6.61 Å². The Morgan fingerprint density at radius 1 is 1.53 bits per heavy atom. The minimum Gasteiger partial charge on any atom is -0.490 e. The molecule has 1 atom stereocenters. The monoisotopic (exact) mass is 208 g/mol. The molecule has 1 aliphatic rings. The molecule has 4 nitrogen and oxygen atoms in total. The molecule has 2 rings (SSSR count). The second-order valence-electron chi connectivity index (χ2n) is 3.25. The Labute approximate surface area is 87.8 Å². The normalized spacial score (nSPS) is 18.3. The van der Waals surface area contributed by atoms with Gasteiger partial charge in [0, 0.05) is 0 Å². The number of benzene rings is 1. The highest BCUT2D eigenvalue weighted by Gasteiger charge is 2.24. The Hall–Kier alpha value is -1.55. The molecule has 0 aliphatic carbocycles. The largest absolute Gasteiger partial charge is 0.490 e. The SMILES string of the molecule is COC(=O)c1ccccc1OC[C@@H]1CO1. The molecule has 1 aliphatic heterocycles. The minimum atomic E-state index is -0.387. The van der Waals surface area contributed by atoms with E-state index in [1.807, 2.05) is 6.07 Å². The van der Waals surface area contributed by atoms with Crippen LogP contribution in [0.2, 0.25) is 0 Å². The molecular weight excluding hydrogens is 196 g/mol. The van der Waals surface area contributed by atoms with Crippen LogP contribution in [-0.4, -0.2) is 32.4 Å². The van der Waals surface area contributed by atoms with Gasteiger partial charge in [0.15, 0.2) is 0 Å². The summed E-state index contributed by atoms with van der Waals surface area (Å²) in [6.45, 7) is 1.22. The number of rotatable bonds is 4. The molecule has 0 bridgehead atoms. The standard InChI is InChI=1S/C11H12O4/c1-13-11(12)9-4-2-3-5-10(9)15-7-8-6-14-8/h2-5,8H,6-7H2,1H3/t8-/m0/s1. The van der Waals surface area contributed by atoms with Crippen LogP contribution in [-0.2, 0) is 9.47 Å². The van der Waals surface area contributed by atoms with Gasteiger partial charge in [-0.05, 0) is 12.1 Å². The smallest absolute Gasteiger partial charge is 0.341 e. The van der Waals surface area contributed by atoms with Crippen molar-refractivity contribution in [2.75, 3.05) is 20.3 Å². The van der Waals surface area contributed by atoms with E-state index in [-0.39, 0.29) is 12.1 Å². The maximum Gasteiger partial charge on any atom is 0.341 e. The topological polar surface area (TPSA) is 48.1 Å². The molecule has 1 fully saturated rings. The highest BCUT2D eigenvalue weighted by molar-refractivity contribution is 5.92. The number of hydrogen-bond acceptors (Lipinski definition) is 4. The Morgan fingerprint density at radius 3 is 2.93 bits per heavy atom. The van der Waals surface area contributed by atoms with Crippen LogP contribution in [0.4, 0.5) is 0 Å². The van der Waals surface area contributed by atoms with Crippen molar-refractivity contribution in [2.45, 2.75) is 6.10 Å². The summed E-state index contributed by atoms with van der Waals surface area (Å²) in [4.78, 5) is 11.4. The van der Waals surface area contributed by atoms with Crippen LogP contribution in [0.5, 0.6) is 5.75 Å². The number of carbonyl (C=O) groups is 1. The molecule has 0 aromatic heterocycles. The third kappa shape index (κ3) is 2.47. The molecule has 0 spiro atoms. The van der Waals surface area contributed by atoms with Gasteiger partial charge in [0.2, 0.25) is 0 Å². The summed E-state index contributed by atoms with van der Waals surface area (Å²) in [6, 6.07) is 7.01. The lowest BCUT2D eigenvalue weighted by Crippen LogP contribution is -2.09. The number of carbonyl (C=O) groups excluding carboxylic acids is 1. The van der Waals surface area contributed by atoms with Gasteiger partial charge in [0.05, 0.1) is 13.7 Å². The van der Waals surface area contributed by atoms with Crippen LogP contribution >= 0.6 is 0 Å². The van der Waals surface area contributed by atoms with Crippen LogP contribution in [0.15, 0.2) is 24.3 Å². The van der Waals surface area contributed by atoms with Gasteiger partial charge in [0.25, 0.3) is 0 Å². The quantitative estimate of drug-likeness (QED) is 0.552. The molecule has 0 N–H and O–H groups in total. The van der Waals surface area contributed by atoms with Gasteiger partial charge in [0.1, 0.15) is 24.0 Å². The molecule has 80 valence electrons. The summed E-state index contributed by atoms with van der Waals surface area (Å²) >= 11 is 0. The molecule has 1 aromatic rings. The third-order valence-electron chi connectivity index (χ3n) is 2.12. The summed E-state index contributed by atoms with van der Waals surface area (Å²) in [5, 5.41) is 0. The van der Waals surface area contributed by atoms with Crippen LogP contribution < -0.4 is 4.74 Å². The first-order valence-electron chi connectivity index (χ1n) is 4.73. The van der Waals surface area contributed by atoms with Crippen molar-refractivity contribution in [1.29, 1.82) is 0 Å². The molecule has 4 heteroatoms. The average molecular weight is 208 g/mol. The van der Waals surface area contributed by atoms with Crippen molar-refractivity contribution in [3.05, 3.63) is 29.8 Å². The summed E-state index contributed by atoms with van der Waals surface area (Å²) in [5.41, 5.74) is 0.445. The second-order valence-corrected chi connectivity index (χ2v) is 3.25. The Morgan fingerprint density at radius 2 is 2.27 bits per heavy atom. The highest BCUT2D eigenvalue weighted by atomic mass is 16.6. The lowest BCUT2D eigenvalue weighted by atomic mass is 10.2. The molecule has 0 amide bonds. The first-order chi connectivity index (χ1) is 7.31. The lowest BCUT2D eigenvalue weighted by molar-refractivity contribution is 0.0595. The maximum atomic E-state index is 11.4. The van der Waals surface area contributed by atoms with Crippen LogP contribution in [0.1, 0.15) is 10.4 Å². The van der Waals surface area contributed by atoms with Gasteiger partial charge in [-0.3, -0.25) is 0 Å². The zero-order chi connectivity index (χ0) is 10.7. The number of esters is 1. The van der Waals surface area contributed by atoms with E-state index in [2.05, 4.69) is 4.74 Å².